The van der Waals surface area contributed by atoms with Crippen LogP contribution in [0, 0.1) is 5.92 Å². The molecule has 2 aromatic heterocycles. The van der Waals surface area contributed by atoms with Gasteiger partial charge in [0.15, 0.2) is 5.82 Å². The van der Waals surface area contributed by atoms with Crippen molar-refractivity contribution >= 4 is 44.5 Å². The molecule has 1 atom stereocenters. The molecule has 25 heavy (non-hydrogen) atoms. The zero-order chi connectivity index (χ0) is 17.4. The van der Waals surface area contributed by atoms with Crippen LogP contribution in [0.5, 0.6) is 0 Å². The number of likely N-dealkylation sites (tertiary alicyclic amines) is 1. The van der Waals surface area contributed by atoms with Crippen molar-refractivity contribution in [2.45, 2.75) is 13.0 Å². The van der Waals surface area contributed by atoms with E-state index < -0.39 is 5.92 Å². The highest BCUT2D eigenvalue weighted by Gasteiger charge is 2.35. The van der Waals surface area contributed by atoms with Crippen LogP contribution in [0.3, 0.4) is 0 Å². The summed E-state index contributed by atoms with van der Waals surface area (Å²) >= 11 is 3.40. The Morgan fingerprint density at radius 3 is 3.12 bits per heavy atom. The molecule has 2 amide bonds. The molecule has 2 N–H and O–H groups in total. The fourth-order valence-electron chi connectivity index (χ4n) is 3.00. The van der Waals surface area contributed by atoms with Gasteiger partial charge in [-0.05, 0) is 30.3 Å². The standard InChI is InChI=1S/C17H15BrN4O3/c18-11-3-4-13-14(7-11)20-21-16(13)19-17(24)10-6-15(23)22(8-10)9-12-2-1-5-25-12/h1-5,7,10H,6,8-9H2,(H2,19,20,21,24)/t10-/m0/s1. The number of anilines is 1. The molecule has 0 aliphatic carbocycles. The zero-order valence-corrected chi connectivity index (χ0v) is 14.7. The molecular weight excluding hydrogens is 388 g/mol. The highest BCUT2D eigenvalue weighted by atomic mass is 79.9. The number of carbonyl (C=O) groups excluding carboxylic acids is 2. The molecule has 0 unspecified atom stereocenters. The SMILES string of the molecule is O=C(Nc1n[nH]c2cc(Br)ccc12)[C@H]1CC(=O)N(Cc2ccco2)C1. The van der Waals surface area contributed by atoms with Crippen LogP contribution in [0.2, 0.25) is 0 Å². The average molecular weight is 403 g/mol. The molecule has 1 saturated heterocycles. The number of amides is 2. The van der Waals surface area contributed by atoms with Gasteiger partial charge in [0.1, 0.15) is 5.76 Å². The number of benzene rings is 1. The van der Waals surface area contributed by atoms with Crippen LogP contribution in [-0.4, -0.2) is 33.5 Å². The molecule has 4 rings (SSSR count). The number of aromatic nitrogens is 2. The molecule has 1 aliphatic rings. The van der Waals surface area contributed by atoms with Crippen molar-refractivity contribution in [2.75, 3.05) is 11.9 Å². The number of halogens is 1. The monoisotopic (exact) mass is 402 g/mol. The number of rotatable bonds is 4. The molecule has 0 radical (unpaired) electrons. The number of hydrogen-bond acceptors (Lipinski definition) is 4. The third-order valence-electron chi connectivity index (χ3n) is 4.28. The molecule has 0 saturated carbocycles. The van der Waals surface area contributed by atoms with Crippen LogP contribution in [0.15, 0.2) is 45.5 Å². The van der Waals surface area contributed by atoms with Crippen LogP contribution in [0.4, 0.5) is 5.82 Å². The van der Waals surface area contributed by atoms with E-state index in [0.717, 1.165) is 15.4 Å². The number of nitrogens with one attached hydrogen (secondary N) is 2. The summed E-state index contributed by atoms with van der Waals surface area (Å²) in [7, 11) is 0. The van der Waals surface area contributed by atoms with Gasteiger partial charge in [-0.15, -0.1) is 0 Å². The molecule has 3 aromatic rings. The molecule has 3 heterocycles. The van der Waals surface area contributed by atoms with Gasteiger partial charge in [-0.2, -0.15) is 5.10 Å². The van der Waals surface area contributed by atoms with Crippen LogP contribution in [0.1, 0.15) is 12.2 Å². The topological polar surface area (TPSA) is 91.2 Å². The Labute approximate surface area is 151 Å². The highest BCUT2D eigenvalue weighted by molar-refractivity contribution is 9.10. The highest BCUT2D eigenvalue weighted by Crippen LogP contribution is 2.26. The van der Waals surface area contributed by atoms with Gasteiger partial charge in [0.25, 0.3) is 0 Å². The smallest absolute Gasteiger partial charge is 0.231 e. The Bertz CT molecular complexity index is 935. The number of furan rings is 1. The number of nitrogens with zero attached hydrogens (tertiary/aromatic N) is 2. The Balaban J connectivity index is 1.45. The van der Waals surface area contributed by atoms with Crippen molar-refractivity contribution in [3.63, 3.8) is 0 Å². The summed E-state index contributed by atoms with van der Waals surface area (Å²) in [4.78, 5) is 26.3. The summed E-state index contributed by atoms with van der Waals surface area (Å²) < 4.78 is 6.20. The summed E-state index contributed by atoms with van der Waals surface area (Å²) in [6, 6.07) is 9.25. The third kappa shape index (κ3) is 3.17. The summed E-state index contributed by atoms with van der Waals surface area (Å²) in [5.74, 6) is 0.534. The largest absolute Gasteiger partial charge is 0.467 e. The predicted octanol–water partition coefficient (Wildman–Crippen LogP) is 2.91. The van der Waals surface area contributed by atoms with Gasteiger partial charge in [-0.3, -0.25) is 14.7 Å². The lowest BCUT2D eigenvalue weighted by Gasteiger charge is -2.14. The van der Waals surface area contributed by atoms with E-state index in [4.69, 9.17) is 4.42 Å². The van der Waals surface area contributed by atoms with Crippen LogP contribution >= 0.6 is 15.9 Å². The maximum absolute atomic E-state index is 12.5. The molecule has 1 aromatic carbocycles. The second kappa shape index (κ2) is 6.36. The van der Waals surface area contributed by atoms with E-state index >= 15 is 0 Å². The molecule has 0 bridgehead atoms. The van der Waals surface area contributed by atoms with Crippen molar-refractivity contribution < 1.29 is 14.0 Å². The predicted molar refractivity (Wildman–Crippen MR) is 94.7 cm³/mol. The molecule has 1 aliphatic heterocycles. The van der Waals surface area contributed by atoms with Gasteiger partial charge in [0.2, 0.25) is 11.8 Å². The molecule has 128 valence electrons. The average Bonchev–Trinajstić information content (AvgIpc) is 3.30. The number of hydrogen-bond donors (Lipinski definition) is 2. The van der Waals surface area contributed by atoms with E-state index in [1.807, 2.05) is 24.3 Å². The minimum absolute atomic E-state index is 0.0487. The van der Waals surface area contributed by atoms with E-state index in [0.29, 0.717) is 24.7 Å². The summed E-state index contributed by atoms with van der Waals surface area (Å²) in [5.41, 5.74) is 0.826. The van der Waals surface area contributed by atoms with Gasteiger partial charge in [0, 0.05) is 22.8 Å². The van der Waals surface area contributed by atoms with Gasteiger partial charge < -0.3 is 14.6 Å². The van der Waals surface area contributed by atoms with E-state index in [2.05, 4.69) is 31.4 Å². The van der Waals surface area contributed by atoms with Crippen molar-refractivity contribution in [3.8, 4) is 0 Å². The van der Waals surface area contributed by atoms with Gasteiger partial charge in [-0.25, -0.2) is 0 Å². The molecule has 7 nitrogen and oxygen atoms in total. The first-order valence-corrected chi connectivity index (χ1v) is 8.64. The Morgan fingerprint density at radius 2 is 2.32 bits per heavy atom. The minimum atomic E-state index is -0.398. The Morgan fingerprint density at radius 1 is 1.44 bits per heavy atom. The molecular formula is C17H15BrN4O3. The van der Waals surface area contributed by atoms with Gasteiger partial charge >= 0.3 is 0 Å². The number of carbonyl (C=O) groups is 2. The maximum atomic E-state index is 12.5. The Hall–Kier alpha value is -2.61. The van der Waals surface area contributed by atoms with Crippen LogP contribution in [-0.2, 0) is 16.1 Å². The number of aromatic amines is 1. The van der Waals surface area contributed by atoms with Crippen molar-refractivity contribution in [1.29, 1.82) is 0 Å². The summed E-state index contributed by atoms with van der Waals surface area (Å²) in [5, 5.41) is 10.7. The maximum Gasteiger partial charge on any atom is 0.231 e. The minimum Gasteiger partial charge on any atom is -0.467 e. The fourth-order valence-corrected chi connectivity index (χ4v) is 3.36. The van der Waals surface area contributed by atoms with Crippen molar-refractivity contribution in [3.05, 3.63) is 46.8 Å². The van der Waals surface area contributed by atoms with Crippen molar-refractivity contribution in [1.82, 2.24) is 15.1 Å². The second-order valence-corrected chi connectivity index (χ2v) is 6.92. The van der Waals surface area contributed by atoms with E-state index in [-0.39, 0.29) is 18.2 Å². The van der Waals surface area contributed by atoms with Crippen LogP contribution in [0.25, 0.3) is 10.9 Å². The third-order valence-corrected chi connectivity index (χ3v) is 4.77. The number of H-pyrrole nitrogens is 1. The Kier molecular flexibility index (Phi) is 4.04. The van der Waals surface area contributed by atoms with E-state index in [1.54, 1.807) is 17.2 Å². The summed E-state index contributed by atoms with van der Waals surface area (Å²) in [6.07, 6.45) is 1.77. The molecule has 8 heteroatoms. The van der Waals surface area contributed by atoms with Crippen molar-refractivity contribution in [2.24, 2.45) is 5.92 Å². The van der Waals surface area contributed by atoms with E-state index in [9.17, 15) is 9.59 Å². The lowest BCUT2D eigenvalue weighted by molar-refractivity contribution is -0.128. The van der Waals surface area contributed by atoms with E-state index in [1.165, 1.54) is 0 Å². The van der Waals surface area contributed by atoms with Gasteiger partial charge in [0.05, 0.1) is 24.2 Å². The second-order valence-electron chi connectivity index (χ2n) is 6.01. The van der Waals surface area contributed by atoms with Gasteiger partial charge in [-0.1, -0.05) is 15.9 Å². The quantitative estimate of drug-likeness (QED) is 0.701. The van der Waals surface area contributed by atoms with Crippen LogP contribution < -0.4 is 5.32 Å². The summed E-state index contributed by atoms with van der Waals surface area (Å²) in [6.45, 7) is 0.758. The number of fused-ring (bicyclic) bond motifs is 1. The zero-order valence-electron chi connectivity index (χ0n) is 13.2. The lowest BCUT2D eigenvalue weighted by Crippen LogP contribution is -2.28. The molecule has 0 spiro atoms. The first kappa shape index (κ1) is 15.9. The molecule has 1 fully saturated rings. The normalized spacial score (nSPS) is 17.4. The first-order valence-electron chi connectivity index (χ1n) is 7.85. The first-order chi connectivity index (χ1) is 12.1. The lowest BCUT2D eigenvalue weighted by atomic mass is 10.1. The fraction of sp³-hybridized carbons (Fsp3) is 0.235.